The van der Waals surface area contributed by atoms with Gasteiger partial charge in [-0.2, -0.15) is 0 Å². The number of carbonyl (C=O) groups is 2. The van der Waals surface area contributed by atoms with Crippen molar-refractivity contribution in [2.24, 2.45) is 0 Å². The Morgan fingerprint density at radius 3 is 2.82 bits per heavy atom. The van der Waals surface area contributed by atoms with E-state index in [9.17, 15) is 14.7 Å². The molecular weight excluding hydrogens is 312 g/mol. The van der Waals surface area contributed by atoms with E-state index in [4.69, 9.17) is 16.3 Å². The summed E-state index contributed by atoms with van der Waals surface area (Å²) in [6.07, 6.45) is -0.795. The maximum absolute atomic E-state index is 12.2. The summed E-state index contributed by atoms with van der Waals surface area (Å²) in [5.74, 6) is -1.75. The lowest BCUT2D eigenvalue weighted by atomic mass is 10.0. The zero-order chi connectivity index (χ0) is 16.1. The average Bonchev–Trinajstić information content (AvgIpc) is 2.76. The Hall–Kier alpha value is -1.89. The first-order chi connectivity index (χ1) is 10.5. The maximum Gasteiger partial charge on any atom is 0.346 e. The van der Waals surface area contributed by atoms with Gasteiger partial charge in [-0.25, -0.2) is 14.6 Å². The molecule has 118 valence electrons. The van der Waals surface area contributed by atoms with Crippen LogP contribution in [0.4, 0.5) is 0 Å². The number of ether oxygens (including phenoxy) is 1. The third-order valence-electron chi connectivity index (χ3n) is 3.18. The van der Waals surface area contributed by atoms with Crippen molar-refractivity contribution in [2.45, 2.75) is 18.9 Å². The number of halogens is 1. The molecule has 1 heterocycles. The van der Waals surface area contributed by atoms with Crippen molar-refractivity contribution in [1.82, 2.24) is 0 Å². The molecule has 0 aromatic heterocycles. The predicted molar refractivity (Wildman–Crippen MR) is 77.3 cm³/mol. The quantitative estimate of drug-likeness (QED) is 0.272. The van der Waals surface area contributed by atoms with Crippen LogP contribution in [-0.4, -0.2) is 36.7 Å². The van der Waals surface area contributed by atoms with Gasteiger partial charge in [-0.05, 0) is 11.6 Å². The molecule has 0 saturated carbocycles. The smallest absolute Gasteiger partial charge is 0.346 e. The zero-order valence-electron chi connectivity index (χ0n) is 11.9. The summed E-state index contributed by atoms with van der Waals surface area (Å²) in [6, 6.07) is 6.81. The highest BCUT2D eigenvalue weighted by Gasteiger charge is 2.38. The van der Waals surface area contributed by atoms with Crippen molar-refractivity contribution >= 4 is 23.4 Å². The monoisotopic (exact) mass is 326 g/mol. The summed E-state index contributed by atoms with van der Waals surface area (Å²) in [7, 11) is 1.34. The number of hydrogen-bond donors (Lipinski definition) is 1. The molecule has 0 spiro atoms. The molecule has 1 aliphatic rings. The lowest BCUT2D eigenvalue weighted by molar-refractivity contribution is -0.274. The van der Waals surface area contributed by atoms with Crippen LogP contribution >= 0.6 is 11.6 Å². The van der Waals surface area contributed by atoms with Crippen LogP contribution in [0.1, 0.15) is 12.0 Å². The van der Waals surface area contributed by atoms with Crippen LogP contribution < -0.4 is 0 Å². The predicted octanol–water partition coefficient (Wildman–Crippen LogP) is 2.16. The van der Waals surface area contributed by atoms with Crippen molar-refractivity contribution in [3.05, 3.63) is 46.2 Å². The molecule has 0 amide bonds. The number of Topliss-reactive ketones (excluding diaryl/α,β-unsaturated/α-hetero) is 1. The highest BCUT2D eigenvalue weighted by Crippen LogP contribution is 2.26. The third kappa shape index (κ3) is 3.65. The van der Waals surface area contributed by atoms with E-state index in [0.29, 0.717) is 10.6 Å². The van der Waals surface area contributed by atoms with Gasteiger partial charge in [0.05, 0.1) is 13.7 Å². The van der Waals surface area contributed by atoms with Gasteiger partial charge in [0.2, 0.25) is 0 Å². The second-order valence-corrected chi connectivity index (χ2v) is 5.03. The van der Waals surface area contributed by atoms with E-state index in [1.54, 1.807) is 24.3 Å². The molecule has 1 unspecified atom stereocenters. The molecule has 22 heavy (non-hydrogen) atoms. The fourth-order valence-corrected chi connectivity index (χ4v) is 2.31. The van der Waals surface area contributed by atoms with Gasteiger partial charge in [-0.1, -0.05) is 29.8 Å². The Morgan fingerprint density at radius 1 is 1.41 bits per heavy atom. The van der Waals surface area contributed by atoms with Crippen LogP contribution in [0.25, 0.3) is 0 Å². The average molecular weight is 327 g/mol. The number of benzene rings is 1. The van der Waals surface area contributed by atoms with Gasteiger partial charge in [0.15, 0.2) is 17.6 Å². The summed E-state index contributed by atoms with van der Waals surface area (Å²) in [5.41, 5.74) is 0.246. The lowest BCUT2D eigenvalue weighted by Crippen LogP contribution is -2.14. The van der Waals surface area contributed by atoms with Crippen LogP contribution in [0.3, 0.4) is 0 Å². The van der Waals surface area contributed by atoms with Crippen LogP contribution in [0.2, 0.25) is 5.02 Å². The molecule has 0 fully saturated rings. The standard InChI is InChI=1S/C15H15ClO6/c1-20-21-7-6-12-14(18)13(15(19)22-12)11(17)8-9-4-2-3-5-10(9)16/h2-5,12,18H,6-8H2,1H3. The summed E-state index contributed by atoms with van der Waals surface area (Å²) < 4.78 is 4.97. The fourth-order valence-electron chi connectivity index (χ4n) is 2.10. The van der Waals surface area contributed by atoms with Crippen molar-refractivity contribution < 1.29 is 29.2 Å². The molecule has 0 saturated heterocycles. The second-order valence-electron chi connectivity index (χ2n) is 4.62. The van der Waals surface area contributed by atoms with Gasteiger partial charge in [0.1, 0.15) is 5.57 Å². The summed E-state index contributed by atoms with van der Waals surface area (Å²) in [4.78, 5) is 33.1. The van der Waals surface area contributed by atoms with Crippen molar-refractivity contribution in [1.29, 1.82) is 0 Å². The molecule has 1 N–H and O–H groups in total. The van der Waals surface area contributed by atoms with Crippen LogP contribution in [0.5, 0.6) is 0 Å². The number of ketones is 1. The summed E-state index contributed by atoms with van der Waals surface area (Å²) in [5, 5.41) is 10.4. The summed E-state index contributed by atoms with van der Waals surface area (Å²) in [6.45, 7) is 0.116. The molecule has 1 aromatic rings. The third-order valence-corrected chi connectivity index (χ3v) is 3.55. The summed E-state index contributed by atoms with van der Waals surface area (Å²) >= 11 is 5.98. The molecule has 1 aliphatic heterocycles. The number of hydrogen-bond acceptors (Lipinski definition) is 6. The Labute approximate surface area is 132 Å². The molecule has 0 bridgehead atoms. The normalized spacial score (nSPS) is 17.7. The zero-order valence-corrected chi connectivity index (χ0v) is 12.6. The van der Waals surface area contributed by atoms with E-state index in [1.807, 2.05) is 0 Å². The number of cyclic esters (lactones) is 1. The fraction of sp³-hybridized carbons (Fsp3) is 0.333. The van der Waals surface area contributed by atoms with E-state index < -0.39 is 17.9 Å². The van der Waals surface area contributed by atoms with Gasteiger partial charge in [-0.3, -0.25) is 4.79 Å². The van der Waals surface area contributed by atoms with E-state index in [0.717, 1.165) is 0 Å². The molecule has 2 rings (SSSR count). The van der Waals surface area contributed by atoms with E-state index in [2.05, 4.69) is 9.78 Å². The number of rotatable bonds is 7. The Kier molecular flexibility index (Phi) is 5.54. The Bertz CT molecular complexity index is 610. The Balaban J connectivity index is 2.10. The number of aliphatic hydroxyl groups excluding tert-OH is 1. The highest BCUT2D eigenvalue weighted by molar-refractivity contribution is 6.31. The number of esters is 1. The molecule has 0 aliphatic carbocycles. The topological polar surface area (TPSA) is 82.1 Å². The highest BCUT2D eigenvalue weighted by atomic mass is 35.5. The molecular formula is C15H15ClO6. The number of aliphatic hydroxyl groups is 1. The minimum absolute atomic E-state index is 0.0878. The van der Waals surface area contributed by atoms with Crippen molar-refractivity contribution in [3.8, 4) is 0 Å². The molecule has 6 nitrogen and oxygen atoms in total. The second kappa shape index (κ2) is 7.40. The Morgan fingerprint density at radius 2 is 2.14 bits per heavy atom. The van der Waals surface area contributed by atoms with Crippen LogP contribution in [0.15, 0.2) is 35.6 Å². The van der Waals surface area contributed by atoms with Crippen LogP contribution in [0, 0.1) is 0 Å². The van der Waals surface area contributed by atoms with Crippen molar-refractivity contribution in [2.75, 3.05) is 13.7 Å². The SMILES string of the molecule is COOCCC1OC(=O)C(C(=O)Cc2ccccc2Cl)=C1O. The lowest BCUT2D eigenvalue weighted by Gasteiger charge is -2.08. The van der Waals surface area contributed by atoms with Gasteiger partial charge in [0, 0.05) is 17.9 Å². The molecule has 0 radical (unpaired) electrons. The first-order valence-corrected chi connectivity index (χ1v) is 6.98. The van der Waals surface area contributed by atoms with Gasteiger partial charge in [-0.15, -0.1) is 0 Å². The molecule has 1 atom stereocenters. The van der Waals surface area contributed by atoms with E-state index in [-0.39, 0.29) is 30.8 Å². The number of carbonyl (C=O) groups excluding carboxylic acids is 2. The van der Waals surface area contributed by atoms with E-state index in [1.165, 1.54) is 7.11 Å². The molecule has 7 heteroatoms. The van der Waals surface area contributed by atoms with Crippen LogP contribution in [-0.2, 0) is 30.5 Å². The van der Waals surface area contributed by atoms with E-state index >= 15 is 0 Å². The minimum Gasteiger partial charge on any atom is -0.507 e. The maximum atomic E-state index is 12.2. The van der Waals surface area contributed by atoms with Gasteiger partial charge < -0.3 is 9.84 Å². The van der Waals surface area contributed by atoms with Gasteiger partial charge in [0.25, 0.3) is 0 Å². The van der Waals surface area contributed by atoms with Crippen molar-refractivity contribution in [3.63, 3.8) is 0 Å². The largest absolute Gasteiger partial charge is 0.507 e. The first-order valence-electron chi connectivity index (χ1n) is 6.61. The minimum atomic E-state index is -0.896. The first kappa shape index (κ1) is 16.5. The van der Waals surface area contributed by atoms with Gasteiger partial charge >= 0.3 is 5.97 Å². The molecule has 1 aromatic carbocycles.